The molecule has 134 valence electrons. The van der Waals surface area contributed by atoms with Crippen molar-refractivity contribution >= 4 is 17.7 Å². The number of rotatable bonds is 5. The first-order chi connectivity index (χ1) is 12.1. The molecule has 0 bridgehead atoms. The van der Waals surface area contributed by atoms with E-state index in [9.17, 15) is 4.79 Å². The van der Waals surface area contributed by atoms with E-state index in [2.05, 4.69) is 20.6 Å². The highest BCUT2D eigenvalue weighted by molar-refractivity contribution is 6.30. The van der Waals surface area contributed by atoms with Crippen molar-refractivity contribution in [2.45, 2.75) is 13.5 Å². The van der Waals surface area contributed by atoms with E-state index >= 15 is 0 Å². The van der Waals surface area contributed by atoms with Gasteiger partial charge in [0.15, 0.2) is 0 Å². The van der Waals surface area contributed by atoms with Gasteiger partial charge >= 0.3 is 6.09 Å². The molecule has 1 saturated heterocycles. The van der Waals surface area contributed by atoms with E-state index in [0.717, 1.165) is 44.1 Å². The zero-order valence-electron chi connectivity index (χ0n) is 14.1. The van der Waals surface area contributed by atoms with Crippen LogP contribution in [-0.2, 0) is 11.3 Å². The molecular formula is C16H21ClN6O2. The van der Waals surface area contributed by atoms with Gasteiger partial charge in [0, 0.05) is 37.7 Å². The van der Waals surface area contributed by atoms with E-state index in [0.29, 0.717) is 11.6 Å². The highest BCUT2D eigenvalue weighted by Gasteiger charge is 2.19. The molecule has 3 rings (SSSR count). The van der Waals surface area contributed by atoms with Crippen LogP contribution in [0.2, 0.25) is 5.02 Å². The Hall–Kier alpha value is -2.16. The van der Waals surface area contributed by atoms with Crippen LogP contribution in [0.25, 0.3) is 5.69 Å². The number of hydrogen-bond acceptors (Lipinski definition) is 6. The number of nitrogens with one attached hydrogen (secondary N) is 1. The predicted octanol–water partition coefficient (Wildman–Crippen LogP) is 1.70. The maximum Gasteiger partial charge on any atom is 0.421 e. The van der Waals surface area contributed by atoms with Gasteiger partial charge in [0.1, 0.15) is 0 Å². The summed E-state index contributed by atoms with van der Waals surface area (Å²) in [6, 6.07) is 7.46. The molecule has 0 aliphatic carbocycles. The maximum atomic E-state index is 11.4. The topological polar surface area (TPSA) is 75.5 Å². The average molecular weight is 365 g/mol. The van der Waals surface area contributed by atoms with Crippen LogP contribution in [0.3, 0.4) is 0 Å². The highest BCUT2D eigenvalue weighted by atomic mass is 35.5. The lowest BCUT2D eigenvalue weighted by Gasteiger charge is -2.33. The number of piperazine rings is 1. The molecular weight excluding hydrogens is 344 g/mol. The monoisotopic (exact) mass is 364 g/mol. The van der Waals surface area contributed by atoms with Gasteiger partial charge in [0.25, 0.3) is 0 Å². The molecule has 9 heteroatoms. The summed E-state index contributed by atoms with van der Waals surface area (Å²) in [6.07, 6.45) is 1.52. The van der Waals surface area contributed by atoms with Crippen molar-refractivity contribution < 1.29 is 9.53 Å². The Morgan fingerprint density at radius 2 is 1.96 bits per heavy atom. The van der Waals surface area contributed by atoms with Crippen LogP contribution in [0.15, 0.2) is 30.5 Å². The third kappa shape index (κ3) is 4.91. The fourth-order valence-electron chi connectivity index (χ4n) is 2.63. The zero-order valence-corrected chi connectivity index (χ0v) is 14.8. The molecule has 25 heavy (non-hydrogen) atoms. The first-order valence-corrected chi connectivity index (χ1v) is 8.59. The quantitative estimate of drug-likeness (QED) is 0.870. The van der Waals surface area contributed by atoms with Gasteiger partial charge in [-0.3, -0.25) is 10.3 Å². The van der Waals surface area contributed by atoms with Crippen molar-refractivity contribution in [3.63, 3.8) is 0 Å². The van der Waals surface area contributed by atoms with E-state index in [1.807, 2.05) is 35.5 Å². The second kappa shape index (κ2) is 8.28. The predicted molar refractivity (Wildman–Crippen MR) is 93.4 cm³/mol. The largest absolute Gasteiger partial charge is 0.449 e. The zero-order chi connectivity index (χ0) is 17.6. The van der Waals surface area contributed by atoms with Crippen LogP contribution in [0, 0.1) is 0 Å². The molecule has 0 atom stereocenters. The standard InChI is InChI=1S/C16H21ClN6O2/c1-2-25-16(24)19-22-9-7-21(8-10-22)11-14-12-23(20-18-14)15-5-3-13(17)4-6-15/h3-6,12H,2,7-11H2,1H3,(H,19,24). The Kier molecular flexibility index (Phi) is 5.85. The van der Waals surface area contributed by atoms with Crippen molar-refractivity contribution in [2.75, 3.05) is 32.8 Å². The van der Waals surface area contributed by atoms with Gasteiger partial charge in [-0.1, -0.05) is 16.8 Å². The highest BCUT2D eigenvalue weighted by Crippen LogP contribution is 2.13. The van der Waals surface area contributed by atoms with Crippen LogP contribution in [0.5, 0.6) is 0 Å². The third-order valence-electron chi connectivity index (χ3n) is 3.91. The molecule has 1 aromatic carbocycles. The van der Waals surface area contributed by atoms with Gasteiger partial charge in [-0.25, -0.2) is 14.5 Å². The summed E-state index contributed by atoms with van der Waals surface area (Å²) >= 11 is 5.90. The van der Waals surface area contributed by atoms with Crippen molar-refractivity contribution in [2.24, 2.45) is 0 Å². The smallest absolute Gasteiger partial charge is 0.421 e. The first-order valence-electron chi connectivity index (χ1n) is 8.22. The molecule has 2 heterocycles. The third-order valence-corrected chi connectivity index (χ3v) is 4.17. The van der Waals surface area contributed by atoms with Crippen molar-refractivity contribution in [1.82, 2.24) is 30.3 Å². The van der Waals surface area contributed by atoms with Crippen molar-refractivity contribution in [3.8, 4) is 5.69 Å². The normalized spacial score (nSPS) is 15.9. The minimum absolute atomic E-state index is 0.370. The number of ether oxygens (including phenoxy) is 1. The summed E-state index contributed by atoms with van der Waals surface area (Å²) in [5.74, 6) is 0. The maximum absolute atomic E-state index is 11.4. The summed E-state index contributed by atoms with van der Waals surface area (Å²) in [6.45, 7) is 6.03. The van der Waals surface area contributed by atoms with E-state index in [1.165, 1.54) is 0 Å². The second-order valence-corrected chi connectivity index (χ2v) is 6.16. The number of aromatic nitrogens is 3. The average Bonchev–Trinajstić information content (AvgIpc) is 3.06. The lowest BCUT2D eigenvalue weighted by Crippen LogP contribution is -2.53. The Morgan fingerprint density at radius 3 is 2.64 bits per heavy atom. The Labute approximate surface area is 151 Å². The molecule has 0 spiro atoms. The van der Waals surface area contributed by atoms with E-state index in [-0.39, 0.29) is 0 Å². The molecule has 1 aliphatic rings. The second-order valence-electron chi connectivity index (χ2n) is 5.73. The van der Waals surface area contributed by atoms with Crippen molar-refractivity contribution in [3.05, 3.63) is 41.2 Å². The fraction of sp³-hybridized carbons (Fsp3) is 0.438. The van der Waals surface area contributed by atoms with Crippen LogP contribution in [0.4, 0.5) is 4.79 Å². The summed E-state index contributed by atoms with van der Waals surface area (Å²) in [5.41, 5.74) is 4.56. The van der Waals surface area contributed by atoms with E-state index < -0.39 is 6.09 Å². The lowest BCUT2D eigenvalue weighted by atomic mass is 10.3. The molecule has 2 aromatic rings. The van der Waals surface area contributed by atoms with Gasteiger partial charge in [0.05, 0.1) is 24.2 Å². The summed E-state index contributed by atoms with van der Waals surface area (Å²) in [5, 5.41) is 11.0. The first kappa shape index (κ1) is 17.7. The number of carbonyl (C=O) groups is 1. The van der Waals surface area contributed by atoms with E-state index in [4.69, 9.17) is 16.3 Å². The van der Waals surface area contributed by atoms with Crippen molar-refractivity contribution in [1.29, 1.82) is 0 Å². The minimum atomic E-state index is -0.401. The number of amides is 1. The molecule has 1 amide bonds. The number of benzene rings is 1. The summed E-state index contributed by atoms with van der Waals surface area (Å²) < 4.78 is 6.62. The Balaban J connectivity index is 1.49. The molecule has 1 aromatic heterocycles. The molecule has 8 nitrogen and oxygen atoms in total. The fourth-order valence-corrected chi connectivity index (χ4v) is 2.76. The minimum Gasteiger partial charge on any atom is -0.449 e. The number of hydrogen-bond donors (Lipinski definition) is 1. The lowest BCUT2D eigenvalue weighted by molar-refractivity contribution is 0.0679. The Morgan fingerprint density at radius 1 is 1.24 bits per heavy atom. The molecule has 0 saturated carbocycles. The molecule has 1 fully saturated rings. The number of carbonyl (C=O) groups excluding carboxylic acids is 1. The molecule has 0 unspecified atom stereocenters. The van der Waals surface area contributed by atoms with Gasteiger partial charge in [-0.2, -0.15) is 0 Å². The van der Waals surface area contributed by atoms with Crippen LogP contribution >= 0.6 is 11.6 Å². The van der Waals surface area contributed by atoms with Crippen LogP contribution in [-0.4, -0.2) is 63.8 Å². The summed E-state index contributed by atoms with van der Waals surface area (Å²) in [7, 11) is 0. The van der Waals surface area contributed by atoms with Gasteiger partial charge in [0.2, 0.25) is 0 Å². The van der Waals surface area contributed by atoms with Crippen LogP contribution in [0.1, 0.15) is 12.6 Å². The number of hydrazine groups is 1. The van der Waals surface area contributed by atoms with Gasteiger partial charge < -0.3 is 4.74 Å². The van der Waals surface area contributed by atoms with Gasteiger partial charge in [-0.05, 0) is 31.2 Å². The SMILES string of the molecule is CCOC(=O)NN1CCN(Cc2cn(-c3ccc(Cl)cc3)nn2)CC1. The van der Waals surface area contributed by atoms with E-state index in [1.54, 1.807) is 11.6 Å². The summed E-state index contributed by atoms with van der Waals surface area (Å²) in [4.78, 5) is 13.7. The molecule has 1 N–H and O–H groups in total. The van der Waals surface area contributed by atoms with Crippen LogP contribution < -0.4 is 5.43 Å². The molecule has 1 aliphatic heterocycles. The number of nitrogens with zero attached hydrogens (tertiary/aromatic N) is 5. The molecule has 0 radical (unpaired) electrons. The number of halogens is 1. The van der Waals surface area contributed by atoms with Gasteiger partial charge in [-0.15, -0.1) is 5.10 Å². The Bertz CT molecular complexity index is 697.